The molecular weight excluding hydrogens is 458 g/mol. The van der Waals surface area contributed by atoms with E-state index in [2.05, 4.69) is 25.8 Å². The van der Waals surface area contributed by atoms with Gasteiger partial charge in [-0.05, 0) is 76.4 Å². The van der Waals surface area contributed by atoms with Gasteiger partial charge in [0.1, 0.15) is 11.3 Å². The fraction of sp³-hybridized carbons (Fsp3) is 0.481. The van der Waals surface area contributed by atoms with Crippen LogP contribution in [0.1, 0.15) is 73.7 Å². The van der Waals surface area contributed by atoms with E-state index < -0.39 is 17.6 Å². The molecule has 2 aliphatic rings. The topological polar surface area (TPSA) is 113 Å². The first-order valence-electron chi connectivity index (χ1n) is 12.6. The Bertz CT molecular complexity index is 1070. The highest BCUT2D eigenvalue weighted by Gasteiger charge is 2.35. The van der Waals surface area contributed by atoms with Gasteiger partial charge in [-0.15, -0.1) is 0 Å². The second kappa shape index (κ2) is 11.1. The number of carbonyl (C=O) groups is 3. The number of likely N-dealkylation sites (tertiary alicyclic amines) is 1. The summed E-state index contributed by atoms with van der Waals surface area (Å²) < 4.78 is 5.22. The third-order valence-electron chi connectivity index (χ3n) is 6.53. The van der Waals surface area contributed by atoms with Crippen LogP contribution in [0.2, 0.25) is 0 Å². The van der Waals surface area contributed by atoms with E-state index in [4.69, 9.17) is 4.74 Å². The molecule has 1 aliphatic carbocycles. The molecule has 1 unspecified atom stereocenters. The lowest BCUT2D eigenvalue weighted by atomic mass is 9.98. The maximum atomic E-state index is 12.6. The van der Waals surface area contributed by atoms with Crippen LogP contribution in [0.5, 0.6) is 0 Å². The molecule has 2 heterocycles. The Labute approximate surface area is 212 Å². The number of amides is 3. The van der Waals surface area contributed by atoms with E-state index in [0.29, 0.717) is 35.6 Å². The standard InChI is InChI=1S/C27H35N5O4/c1-27(2,3)36-26(35)31-20-11-9-19(10-12-20)30-25(34)23-13-8-18(16-28-23)24(33)29-17-22-14-15-32(22)21-6-4-5-7-21/h8-13,16,21-22H,4-7,14-15,17H2,1-3H3,(H,29,33)(H,30,34)(H,31,35). The average Bonchev–Trinajstić information content (AvgIpc) is 3.32. The summed E-state index contributed by atoms with van der Waals surface area (Å²) in [4.78, 5) is 43.7. The van der Waals surface area contributed by atoms with Gasteiger partial charge in [-0.2, -0.15) is 0 Å². The largest absolute Gasteiger partial charge is 0.444 e. The van der Waals surface area contributed by atoms with Crippen molar-refractivity contribution in [2.45, 2.75) is 70.6 Å². The van der Waals surface area contributed by atoms with E-state index in [1.165, 1.54) is 37.9 Å². The lowest BCUT2D eigenvalue weighted by Gasteiger charge is -2.45. The Morgan fingerprint density at radius 3 is 2.17 bits per heavy atom. The van der Waals surface area contributed by atoms with Crippen LogP contribution in [0.15, 0.2) is 42.6 Å². The fourth-order valence-corrected chi connectivity index (χ4v) is 4.63. The lowest BCUT2D eigenvalue weighted by molar-refractivity contribution is 0.0425. The van der Waals surface area contributed by atoms with Crippen LogP contribution in [0.25, 0.3) is 0 Å². The van der Waals surface area contributed by atoms with Gasteiger partial charge >= 0.3 is 6.09 Å². The zero-order valence-electron chi connectivity index (χ0n) is 21.2. The van der Waals surface area contributed by atoms with Gasteiger partial charge in [0, 0.05) is 42.7 Å². The molecule has 0 bridgehead atoms. The SMILES string of the molecule is CC(C)(C)OC(=O)Nc1ccc(NC(=O)c2ccc(C(=O)NCC3CCN3C3CCCC3)cn2)cc1. The molecule has 0 spiro atoms. The van der Waals surface area contributed by atoms with Crippen LogP contribution < -0.4 is 16.0 Å². The first kappa shape index (κ1) is 25.6. The van der Waals surface area contributed by atoms with Gasteiger partial charge in [0.05, 0.1) is 5.56 Å². The molecule has 1 atom stereocenters. The zero-order valence-corrected chi connectivity index (χ0v) is 21.2. The molecular formula is C27H35N5O4. The van der Waals surface area contributed by atoms with E-state index in [1.54, 1.807) is 51.1 Å². The number of hydrogen-bond donors (Lipinski definition) is 3. The van der Waals surface area contributed by atoms with E-state index in [1.807, 2.05) is 0 Å². The third kappa shape index (κ3) is 6.81. The Hall–Kier alpha value is -3.46. The Kier molecular flexibility index (Phi) is 7.88. The number of aromatic nitrogens is 1. The first-order chi connectivity index (χ1) is 17.2. The van der Waals surface area contributed by atoms with Crippen LogP contribution >= 0.6 is 0 Å². The summed E-state index contributed by atoms with van der Waals surface area (Å²) in [5.74, 6) is -0.572. The van der Waals surface area contributed by atoms with E-state index >= 15 is 0 Å². The molecule has 36 heavy (non-hydrogen) atoms. The number of benzene rings is 1. The Morgan fingerprint density at radius 2 is 1.61 bits per heavy atom. The monoisotopic (exact) mass is 493 g/mol. The van der Waals surface area contributed by atoms with E-state index in [0.717, 1.165) is 13.0 Å². The molecule has 2 aromatic rings. The highest BCUT2D eigenvalue weighted by Crippen LogP contribution is 2.30. The minimum atomic E-state index is -0.589. The van der Waals surface area contributed by atoms with E-state index in [9.17, 15) is 14.4 Å². The molecule has 1 saturated carbocycles. The predicted molar refractivity (Wildman–Crippen MR) is 138 cm³/mol. The van der Waals surface area contributed by atoms with Gasteiger partial charge in [0.25, 0.3) is 11.8 Å². The Balaban J connectivity index is 1.24. The van der Waals surface area contributed by atoms with Crippen molar-refractivity contribution < 1.29 is 19.1 Å². The molecule has 9 heteroatoms. The summed E-state index contributed by atoms with van der Waals surface area (Å²) in [6.07, 6.45) is 7.15. The van der Waals surface area contributed by atoms with E-state index in [-0.39, 0.29) is 11.6 Å². The van der Waals surface area contributed by atoms with Gasteiger partial charge in [-0.3, -0.25) is 24.8 Å². The molecule has 1 aromatic heterocycles. The molecule has 3 amide bonds. The van der Waals surface area contributed by atoms with Crippen molar-refractivity contribution in [1.29, 1.82) is 0 Å². The molecule has 2 fully saturated rings. The molecule has 192 valence electrons. The highest BCUT2D eigenvalue weighted by molar-refractivity contribution is 6.03. The van der Waals surface area contributed by atoms with Crippen molar-refractivity contribution in [1.82, 2.24) is 15.2 Å². The maximum Gasteiger partial charge on any atom is 0.412 e. The van der Waals surface area contributed by atoms with Gasteiger partial charge < -0.3 is 15.4 Å². The fourth-order valence-electron chi connectivity index (χ4n) is 4.63. The first-order valence-corrected chi connectivity index (χ1v) is 12.6. The predicted octanol–water partition coefficient (Wildman–Crippen LogP) is 4.43. The van der Waals surface area contributed by atoms with Crippen LogP contribution in [0.3, 0.4) is 0 Å². The van der Waals surface area contributed by atoms with Gasteiger partial charge in [0.2, 0.25) is 0 Å². The summed E-state index contributed by atoms with van der Waals surface area (Å²) in [5.41, 5.74) is 1.13. The smallest absolute Gasteiger partial charge is 0.412 e. The van der Waals surface area contributed by atoms with Crippen molar-refractivity contribution >= 4 is 29.3 Å². The second-order valence-corrected chi connectivity index (χ2v) is 10.4. The van der Waals surface area contributed by atoms with Gasteiger partial charge in [-0.25, -0.2) is 4.79 Å². The lowest BCUT2D eigenvalue weighted by Crippen LogP contribution is -2.56. The number of rotatable bonds is 7. The van der Waals surface area contributed by atoms with Crippen molar-refractivity contribution in [3.63, 3.8) is 0 Å². The van der Waals surface area contributed by atoms with Crippen LogP contribution in [-0.2, 0) is 4.74 Å². The summed E-state index contributed by atoms with van der Waals surface area (Å²) in [7, 11) is 0. The minimum absolute atomic E-state index is 0.180. The normalized spacial score (nSPS) is 18.2. The second-order valence-electron chi connectivity index (χ2n) is 10.4. The number of hydrogen-bond acceptors (Lipinski definition) is 6. The average molecular weight is 494 g/mol. The molecule has 1 aliphatic heterocycles. The summed E-state index contributed by atoms with van der Waals surface area (Å²) >= 11 is 0. The number of pyridine rings is 1. The number of nitrogens with zero attached hydrogens (tertiary/aromatic N) is 2. The van der Waals surface area contributed by atoms with Crippen molar-refractivity contribution in [3.8, 4) is 0 Å². The maximum absolute atomic E-state index is 12.6. The molecule has 1 saturated heterocycles. The highest BCUT2D eigenvalue weighted by atomic mass is 16.6. The molecule has 0 radical (unpaired) electrons. The Morgan fingerprint density at radius 1 is 0.944 bits per heavy atom. The molecule has 9 nitrogen and oxygen atoms in total. The van der Waals surface area contributed by atoms with Gasteiger partial charge in [-0.1, -0.05) is 12.8 Å². The van der Waals surface area contributed by atoms with Crippen LogP contribution in [0, 0.1) is 0 Å². The summed E-state index contributed by atoms with van der Waals surface area (Å²) in [6.45, 7) is 7.13. The third-order valence-corrected chi connectivity index (χ3v) is 6.53. The van der Waals surface area contributed by atoms with Crippen molar-refractivity contribution in [2.75, 3.05) is 23.7 Å². The summed E-state index contributed by atoms with van der Waals surface area (Å²) in [6, 6.07) is 10.9. The molecule has 4 rings (SSSR count). The number of anilines is 2. The minimum Gasteiger partial charge on any atom is -0.444 e. The number of nitrogens with one attached hydrogen (secondary N) is 3. The van der Waals surface area contributed by atoms with Crippen molar-refractivity contribution in [2.24, 2.45) is 0 Å². The number of carbonyl (C=O) groups excluding carboxylic acids is 3. The van der Waals surface area contributed by atoms with Crippen LogP contribution in [-0.4, -0.2) is 58.6 Å². The zero-order chi connectivity index (χ0) is 25.7. The molecule has 1 aromatic carbocycles. The van der Waals surface area contributed by atoms with Crippen LogP contribution in [0.4, 0.5) is 16.2 Å². The van der Waals surface area contributed by atoms with Gasteiger partial charge in [0.15, 0.2) is 0 Å². The van der Waals surface area contributed by atoms with Crippen molar-refractivity contribution in [3.05, 3.63) is 53.9 Å². The summed E-state index contributed by atoms with van der Waals surface area (Å²) in [5, 5.41) is 8.42. The quantitative estimate of drug-likeness (QED) is 0.526. The molecule has 3 N–H and O–H groups in total. The number of ether oxygens (including phenoxy) is 1.